The smallest absolute Gasteiger partial charge is 0.335 e. The van der Waals surface area contributed by atoms with Crippen molar-refractivity contribution in [3.63, 3.8) is 0 Å². The molecule has 0 spiro atoms. The molecule has 2 aromatic rings. The summed E-state index contributed by atoms with van der Waals surface area (Å²) in [5, 5.41) is 15.2. The van der Waals surface area contributed by atoms with Gasteiger partial charge in [0.05, 0.1) is 24.6 Å². The van der Waals surface area contributed by atoms with Gasteiger partial charge in [0.15, 0.2) is 5.82 Å². The number of fused-ring (bicyclic) bond motifs is 1. The van der Waals surface area contributed by atoms with Gasteiger partial charge in [-0.3, -0.25) is 4.79 Å². The van der Waals surface area contributed by atoms with Gasteiger partial charge in [-0.15, -0.1) is 0 Å². The molecule has 1 unspecified atom stereocenters. The first-order valence-corrected chi connectivity index (χ1v) is 10.1. The molecular formula is C21H25N5O4. The van der Waals surface area contributed by atoms with E-state index in [2.05, 4.69) is 27.4 Å². The second-order valence-electron chi connectivity index (χ2n) is 7.72. The Morgan fingerprint density at radius 2 is 2.10 bits per heavy atom. The van der Waals surface area contributed by atoms with E-state index in [1.807, 2.05) is 0 Å². The number of carboxylic acid groups (broad SMARTS) is 1. The van der Waals surface area contributed by atoms with Crippen LogP contribution in [0.5, 0.6) is 5.75 Å². The van der Waals surface area contributed by atoms with E-state index in [1.165, 1.54) is 32.1 Å². The zero-order chi connectivity index (χ0) is 21.3. The average molecular weight is 411 g/mol. The molecule has 1 aliphatic heterocycles. The number of carboxylic acids is 1. The summed E-state index contributed by atoms with van der Waals surface area (Å²) < 4.78 is 5.33. The van der Waals surface area contributed by atoms with Crippen LogP contribution in [0.4, 0.5) is 23.1 Å². The number of carbonyl (C=O) groups is 2. The summed E-state index contributed by atoms with van der Waals surface area (Å²) in [5.41, 5.74) is 1.29. The first-order chi connectivity index (χ1) is 14.5. The maximum absolute atomic E-state index is 12.3. The fourth-order valence-electron chi connectivity index (χ4n) is 4.26. The number of aromatic nitrogens is 2. The summed E-state index contributed by atoms with van der Waals surface area (Å²) in [4.78, 5) is 34.8. The van der Waals surface area contributed by atoms with Gasteiger partial charge in [-0.2, -0.15) is 4.98 Å². The summed E-state index contributed by atoms with van der Waals surface area (Å²) in [6.45, 7) is 2.05. The fourth-order valence-corrected chi connectivity index (χ4v) is 4.26. The molecule has 1 atom stereocenters. The number of nitrogens with zero attached hydrogens (tertiary/aromatic N) is 3. The third-order valence-electron chi connectivity index (χ3n) is 5.66. The van der Waals surface area contributed by atoms with Crippen molar-refractivity contribution >= 4 is 35.0 Å². The van der Waals surface area contributed by atoms with E-state index in [0.29, 0.717) is 41.4 Å². The number of hydrogen-bond donors (Lipinski definition) is 3. The van der Waals surface area contributed by atoms with Crippen LogP contribution in [-0.4, -0.2) is 46.1 Å². The molecule has 1 aromatic carbocycles. The van der Waals surface area contributed by atoms with E-state index in [-0.39, 0.29) is 17.5 Å². The Bertz CT molecular complexity index is 974. The molecule has 1 fully saturated rings. The normalized spacial score (nSPS) is 19.1. The summed E-state index contributed by atoms with van der Waals surface area (Å²) in [5.74, 6) is 0.362. The van der Waals surface area contributed by atoms with E-state index in [0.717, 1.165) is 12.8 Å². The number of benzene rings is 1. The van der Waals surface area contributed by atoms with E-state index < -0.39 is 5.97 Å². The van der Waals surface area contributed by atoms with Crippen molar-refractivity contribution in [2.24, 2.45) is 0 Å². The lowest BCUT2D eigenvalue weighted by Gasteiger charge is -2.34. The van der Waals surface area contributed by atoms with Crippen molar-refractivity contribution < 1.29 is 19.4 Å². The number of carbonyl (C=O) groups excluding carboxylic acids is 1. The van der Waals surface area contributed by atoms with E-state index in [1.54, 1.807) is 12.3 Å². The highest BCUT2D eigenvalue weighted by molar-refractivity contribution is 5.96. The first-order valence-electron chi connectivity index (χ1n) is 10.1. The van der Waals surface area contributed by atoms with E-state index in [9.17, 15) is 14.7 Å². The quantitative estimate of drug-likeness (QED) is 0.685. The molecule has 9 heteroatoms. The van der Waals surface area contributed by atoms with Crippen LogP contribution in [0.2, 0.25) is 0 Å². The van der Waals surface area contributed by atoms with Crippen LogP contribution < -0.4 is 20.3 Å². The summed E-state index contributed by atoms with van der Waals surface area (Å²) >= 11 is 0. The molecule has 0 bridgehead atoms. The van der Waals surface area contributed by atoms with Crippen molar-refractivity contribution in [2.45, 2.75) is 51.1 Å². The molecule has 30 heavy (non-hydrogen) atoms. The number of hydrogen-bond acceptors (Lipinski definition) is 7. The third kappa shape index (κ3) is 3.87. The maximum Gasteiger partial charge on any atom is 0.335 e. The molecule has 2 aliphatic rings. The van der Waals surface area contributed by atoms with Crippen LogP contribution in [0, 0.1) is 0 Å². The van der Waals surface area contributed by atoms with Gasteiger partial charge in [0.25, 0.3) is 0 Å². The van der Waals surface area contributed by atoms with Crippen LogP contribution in [0.25, 0.3) is 0 Å². The highest BCUT2D eigenvalue weighted by atomic mass is 16.5. The van der Waals surface area contributed by atoms with Gasteiger partial charge in [0.2, 0.25) is 11.9 Å². The monoisotopic (exact) mass is 411 g/mol. The number of ether oxygens (including phenoxy) is 1. The minimum Gasteiger partial charge on any atom is -0.495 e. The van der Waals surface area contributed by atoms with Gasteiger partial charge >= 0.3 is 5.97 Å². The largest absolute Gasteiger partial charge is 0.495 e. The van der Waals surface area contributed by atoms with Gasteiger partial charge in [-0.05, 0) is 38.0 Å². The molecular weight excluding hydrogens is 386 g/mol. The Hall–Kier alpha value is -3.36. The Morgan fingerprint density at radius 1 is 1.33 bits per heavy atom. The van der Waals surface area contributed by atoms with Crippen molar-refractivity contribution in [3.8, 4) is 5.75 Å². The Morgan fingerprint density at radius 3 is 2.80 bits per heavy atom. The lowest BCUT2D eigenvalue weighted by molar-refractivity contribution is -0.116. The molecule has 1 saturated carbocycles. The van der Waals surface area contributed by atoms with Crippen molar-refractivity contribution in [2.75, 3.05) is 22.6 Å². The van der Waals surface area contributed by atoms with Gasteiger partial charge < -0.3 is 25.4 Å². The molecule has 1 aliphatic carbocycles. The lowest BCUT2D eigenvalue weighted by atomic mass is 10.1. The number of anilines is 4. The maximum atomic E-state index is 12.3. The second kappa shape index (κ2) is 8.17. The predicted molar refractivity (Wildman–Crippen MR) is 113 cm³/mol. The average Bonchev–Trinajstić information content (AvgIpc) is 3.20. The van der Waals surface area contributed by atoms with Crippen LogP contribution >= 0.6 is 0 Å². The number of amides is 1. The van der Waals surface area contributed by atoms with Gasteiger partial charge in [0.1, 0.15) is 11.4 Å². The summed E-state index contributed by atoms with van der Waals surface area (Å²) in [6.07, 6.45) is 6.52. The van der Waals surface area contributed by atoms with Crippen LogP contribution in [0.15, 0.2) is 24.4 Å². The minimum absolute atomic E-state index is 0.0292. The first kappa shape index (κ1) is 19.9. The number of nitrogens with one attached hydrogen (secondary N) is 2. The fraction of sp³-hybridized carbons (Fsp3) is 0.429. The zero-order valence-electron chi connectivity index (χ0n) is 17.0. The van der Waals surface area contributed by atoms with Crippen molar-refractivity contribution in [1.29, 1.82) is 0 Å². The second-order valence-corrected chi connectivity index (χ2v) is 7.72. The molecule has 1 aromatic heterocycles. The molecule has 0 radical (unpaired) electrons. The van der Waals surface area contributed by atoms with Crippen LogP contribution in [-0.2, 0) is 4.79 Å². The summed E-state index contributed by atoms with van der Waals surface area (Å²) in [6, 6.07) is 4.93. The van der Waals surface area contributed by atoms with Gasteiger partial charge in [-0.25, -0.2) is 9.78 Å². The highest BCUT2D eigenvalue weighted by Gasteiger charge is 2.33. The number of aromatic carboxylic acids is 1. The van der Waals surface area contributed by atoms with Crippen molar-refractivity contribution in [1.82, 2.24) is 9.97 Å². The highest BCUT2D eigenvalue weighted by Crippen LogP contribution is 2.37. The van der Waals surface area contributed by atoms with Crippen molar-refractivity contribution in [3.05, 3.63) is 30.0 Å². The van der Waals surface area contributed by atoms with Gasteiger partial charge in [-0.1, -0.05) is 12.8 Å². The van der Waals surface area contributed by atoms with E-state index >= 15 is 0 Å². The minimum atomic E-state index is -1.03. The molecule has 158 valence electrons. The Kier molecular flexibility index (Phi) is 5.43. The molecule has 1 amide bonds. The molecule has 0 saturated heterocycles. The van der Waals surface area contributed by atoms with Crippen LogP contribution in [0.1, 0.15) is 49.4 Å². The summed E-state index contributed by atoms with van der Waals surface area (Å²) in [7, 11) is 1.48. The molecule has 2 heterocycles. The predicted octanol–water partition coefficient (Wildman–Crippen LogP) is 3.41. The Labute approximate surface area is 174 Å². The Balaban J connectivity index is 1.69. The van der Waals surface area contributed by atoms with E-state index in [4.69, 9.17) is 9.72 Å². The zero-order valence-corrected chi connectivity index (χ0v) is 17.0. The third-order valence-corrected chi connectivity index (χ3v) is 5.66. The topological polar surface area (TPSA) is 117 Å². The number of methoxy groups -OCH3 is 1. The lowest BCUT2D eigenvalue weighted by Crippen LogP contribution is -2.41. The molecule has 9 nitrogen and oxygen atoms in total. The molecule has 3 N–H and O–H groups in total. The SMILES string of the molecule is COc1cc(C(=O)O)ccc1Nc1ncc2c(n1)N(C1CCCC1)C(C)CC(=O)N2. The number of rotatable bonds is 5. The van der Waals surface area contributed by atoms with Crippen LogP contribution in [0.3, 0.4) is 0 Å². The molecule has 4 rings (SSSR count). The standard InChI is InChI=1S/C21H25N5O4/c1-12-9-18(27)23-16-11-22-21(25-19(16)26(12)14-5-3-4-6-14)24-15-8-7-13(20(28)29)10-17(15)30-2/h7-8,10-12,14H,3-6,9H2,1-2H3,(H,23,27)(H,28,29)(H,22,24,25). The van der Waals surface area contributed by atoms with Gasteiger partial charge in [0, 0.05) is 18.5 Å².